The standard InChI is InChI=1S/C15H28N2O/c1-5-13-11-17(9-8-16(13)4)10-12-6-7-15(2,3)14(12)18/h12-13H,5-11H2,1-4H3. The minimum Gasteiger partial charge on any atom is -0.301 e. The minimum absolute atomic E-state index is 0.0681. The molecule has 3 nitrogen and oxygen atoms in total. The van der Waals surface area contributed by atoms with Gasteiger partial charge in [-0.25, -0.2) is 0 Å². The highest BCUT2D eigenvalue weighted by Crippen LogP contribution is 2.38. The van der Waals surface area contributed by atoms with Gasteiger partial charge in [-0.3, -0.25) is 9.69 Å². The summed E-state index contributed by atoms with van der Waals surface area (Å²) < 4.78 is 0. The van der Waals surface area contributed by atoms with Crippen LogP contribution in [-0.2, 0) is 4.79 Å². The summed E-state index contributed by atoms with van der Waals surface area (Å²) in [5, 5.41) is 0. The van der Waals surface area contributed by atoms with Crippen LogP contribution in [0.1, 0.15) is 40.0 Å². The van der Waals surface area contributed by atoms with Crippen LogP contribution in [0.4, 0.5) is 0 Å². The van der Waals surface area contributed by atoms with Gasteiger partial charge in [-0.05, 0) is 26.3 Å². The van der Waals surface area contributed by atoms with Crippen molar-refractivity contribution in [3.63, 3.8) is 0 Å². The van der Waals surface area contributed by atoms with Gasteiger partial charge >= 0.3 is 0 Å². The van der Waals surface area contributed by atoms with Crippen molar-refractivity contribution in [2.24, 2.45) is 11.3 Å². The molecule has 1 aliphatic heterocycles. The summed E-state index contributed by atoms with van der Waals surface area (Å²) in [5.74, 6) is 0.787. The molecule has 1 heterocycles. The van der Waals surface area contributed by atoms with Crippen molar-refractivity contribution in [1.82, 2.24) is 9.80 Å². The largest absolute Gasteiger partial charge is 0.301 e. The first-order valence-corrected chi connectivity index (χ1v) is 7.41. The highest BCUT2D eigenvalue weighted by molar-refractivity contribution is 5.88. The number of nitrogens with zero attached hydrogens (tertiary/aromatic N) is 2. The molecule has 1 saturated heterocycles. The second-order valence-electron chi connectivity index (χ2n) is 6.79. The fraction of sp³-hybridized carbons (Fsp3) is 0.933. The van der Waals surface area contributed by atoms with Crippen LogP contribution in [-0.4, -0.2) is 54.9 Å². The van der Waals surface area contributed by atoms with E-state index in [1.54, 1.807) is 0 Å². The van der Waals surface area contributed by atoms with Crippen LogP contribution in [0.15, 0.2) is 0 Å². The Morgan fingerprint density at radius 3 is 2.61 bits per heavy atom. The molecule has 2 fully saturated rings. The second-order valence-corrected chi connectivity index (χ2v) is 6.79. The van der Waals surface area contributed by atoms with Crippen LogP contribution < -0.4 is 0 Å². The number of rotatable bonds is 3. The highest BCUT2D eigenvalue weighted by atomic mass is 16.1. The third-order valence-corrected chi connectivity index (χ3v) is 4.97. The summed E-state index contributed by atoms with van der Waals surface area (Å²) in [5.41, 5.74) is -0.0681. The Bertz CT molecular complexity index is 314. The number of carbonyl (C=O) groups is 1. The van der Waals surface area contributed by atoms with E-state index in [0.29, 0.717) is 17.7 Å². The molecule has 2 rings (SSSR count). The first kappa shape index (κ1) is 14.0. The van der Waals surface area contributed by atoms with Crippen molar-refractivity contribution in [3.8, 4) is 0 Å². The van der Waals surface area contributed by atoms with Crippen molar-refractivity contribution < 1.29 is 4.79 Å². The molecule has 0 spiro atoms. The first-order valence-electron chi connectivity index (χ1n) is 7.41. The van der Waals surface area contributed by atoms with Gasteiger partial charge in [-0.15, -0.1) is 0 Å². The minimum atomic E-state index is -0.0681. The molecular weight excluding hydrogens is 224 g/mol. The van der Waals surface area contributed by atoms with E-state index >= 15 is 0 Å². The summed E-state index contributed by atoms with van der Waals surface area (Å²) in [6.07, 6.45) is 3.37. The zero-order valence-electron chi connectivity index (χ0n) is 12.4. The number of hydrogen-bond acceptors (Lipinski definition) is 3. The van der Waals surface area contributed by atoms with E-state index in [2.05, 4.69) is 37.6 Å². The lowest BCUT2D eigenvalue weighted by molar-refractivity contribution is -0.128. The molecule has 0 amide bonds. The molecule has 1 aliphatic carbocycles. The van der Waals surface area contributed by atoms with E-state index in [9.17, 15) is 4.79 Å². The molecule has 18 heavy (non-hydrogen) atoms. The Morgan fingerprint density at radius 1 is 1.33 bits per heavy atom. The molecule has 0 N–H and O–H groups in total. The zero-order chi connectivity index (χ0) is 13.3. The number of ketones is 1. The van der Waals surface area contributed by atoms with Gasteiger partial charge in [-0.1, -0.05) is 20.8 Å². The molecular formula is C15H28N2O. The van der Waals surface area contributed by atoms with Crippen molar-refractivity contribution in [1.29, 1.82) is 0 Å². The molecule has 0 bridgehead atoms. The fourth-order valence-corrected chi connectivity index (χ4v) is 3.44. The predicted octanol–water partition coefficient (Wildman–Crippen LogP) is 2.02. The van der Waals surface area contributed by atoms with Gasteiger partial charge in [0.15, 0.2) is 0 Å². The van der Waals surface area contributed by atoms with Crippen LogP contribution in [0.2, 0.25) is 0 Å². The van der Waals surface area contributed by atoms with Crippen molar-refractivity contribution >= 4 is 5.78 Å². The smallest absolute Gasteiger partial charge is 0.142 e. The van der Waals surface area contributed by atoms with E-state index in [-0.39, 0.29) is 5.41 Å². The van der Waals surface area contributed by atoms with Gasteiger partial charge < -0.3 is 4.90 Å². The number of likely N-dealkylation sites (N-methyl/N-ethyl adjacent to an activating group) is 1. The number of carbonyl (C=O) groups excluding carboxylic acids is 1. The Balaban J connectivity index is 1.89. The van der Waals surface area contributed by atoms with Crippen LogP contribution in [0.25, 0.3) is 0 Å². The predicted molar refractivity (Wildman–Crippen MR) is 74.7 cm³/mol. The van der Waals surface area contributed by atoms with E-state index in [0.717, 1.165) is 39.0 Å². The van der Waals surface area contributed by atoms with Gasteiger partial charge in [0.25, 0.3) is 0 Å². The molecule has 0 aromatic rings. The molecule has 1 saturated carbocycles. The third-order valence-electron chi connectivity index (χ3n) is 4.97. The lowest BCUT2D eigenvalue weighted by atomic mass is 9.89. The quantitative estimate of drug-likeness (QED) is 0.768. The number of Topliss-reactive ketones (excluding diaryl/α,β-unsaturated/α-hetero) is 1. The topological polar surface area (TPSA) is 23.6 Å². The number of hydrogen-bond donors (Lipinski definition) is 0. The Labute approximate surface area is 112 Å². The van der Waals surface area contributed by atoms with E-state index < -0.39 is 0 Å². The van der Waals surface area contributed by atoms with Crippen molar-refractivity contribution in [2.45, 2.75) is 46.1 Å². The normalized spacial score (nSPS) is 34.1. The molecule has 0 aromatic carbocycles. The molecule has 104 valence electrons. The summed E-state index contributed by atoms with van der Waals surface area (Å²) in [6.45, 7) is 10.9. The van der Waals surface area contributed by atoms with Gasteiger partial charge in [-0.2, -0.15) is 0 Å². The Hall–Kier alpha value is -0.410. The van der Waals surface area contributed by atoms with Crippen molar-refractivity contribution in [3.05, 3.63) is 0 Å². The first-order chi connectivity index (χ1) is 8.44. The molecule has 0 radical (unpaired) electrons. The zero-order valence-corrected chi connectivity index (χ0v) is 12.4. The van der Waals surface area contributed by atoms with Crippen LogP contribution in [0.5, 0.6) is 0 Å². The molecule has 2 unspecified atom stereocenters. The molecule has 2 aliphatic rings. The Morgan fingerprint density at radius 2 is 2.06 bits per heavy atom. The maximum Gasteiger partial charge on any atom is 0.142 e. The molecule has 3 heteroatoms. The molecule has 2 atom stereocenters. The third kappa shape index (κ3) is 2.77. The summed E-state index contributed by atoms with van der Waals surface area (Å²) in [4.78, 5) is 17.2. The Kier molecular flexibility index (Phi) is 4.12. The van der Waals surface area contributed by atoms with Crippen LogP contribution in [0, 0.1) is 11.3 Å². The van der Waals surface area contributed by atoms with E-state index in [4.69, 9.17) is 0 Å². The van der Waals surface area contributed by atoms with Gasteiger partial charge in [0.2, 0.25) is 0 Å². The average molecular weight is 252 g/mol. The maximum absolute atomic E-state index is 12.3. The van der Waals surface area contributed by atoms with Crippen LogP contribution >= 0.6 is 0 Å². The van der Waals surface area contributed by atoms with Gasteiger partial charge in [0, 0.05) is 43.6 Å². The number of piperazine rings is 1. The highest BCUT2D eigenvalue weighted by Gasteiger charge is 2.41. The van der Waals surface area contributed by atoms with E-state index in [1.807, 2.05) is 0 Å². The van der Waals surface area contributed by atoms with Gasteiger partial charge in [0.1, 0.15) is 5.78 Å². The SMILES string of the molecule is CCC1CN(CC2CCC(C)(C)C2=O)CCN1C. The summed E-state index contributed by atoms with van der Waals surface area (Å²) >= 11 is 0. The molecule has 0 aromatic heterocycles. The summed E-state index contributed by atoms with van der Waals surface area (Å²) in [6, 6.07) is 0.670. The second kappa shape index (κ2) is 5.30. The lowest BCUT2D eigenvalue weighted by Crippen LogP contribution is -2.52. The average Bonchev–Trinajstić information content (AvgIpc) is 2.59. The monoisotopic (exact) mass is 252 g/mol. The van der Waals surface area contributed by atoms with Gasteiger partial charge in [0.05, 0.1) is 0 Å². The van der Waals surface area contributed by atoms with E-state index in [1.165, 1.54) is 6.42 Å². The van der Waals surface area contributed by atoms with Crippen molar-refractivity contribution in [2.75, 3.05) is 33.2 Å². The summed E-state index contributed by atoms with van der Waals surface area (Å²) in [7, 11) is 2.22. The van der Waals surface area contributed by atoms with Crippen LogP contribution in [0.3, 0.4) is 0 Å². The fourth-order valence-electron chi connectivity index (χ4n) is 3.44. The lowest BCUT2D eigenvalue weighted by Gasteiger charge is -2.40. The maximum atomic E-state index is 12.3.